The number of nitro benzene ring substituents is 1. The van der Waals surface area contributed by atoms with Crippen molar-refractivity contribution in [2.24, 2.45) is 0 Å². The van der Waals surface area contributed by atoms with Gasteiger partial charge in [-0.3, -0.25) is 10.1 Å². The molecule has 0 aliphatic carbocycles. The lowest BCUT2D eigenvalue weighted by atomic mass is 10.1. The third-order valence-electron chi connectivity index (χ3n) is 4.66. The van der Waals surface area contributed by atoms with Crippen LogP contribution in [0.25, 0.3) is 0 Å². The molecule has 1 aliphatic heterocycles. The van der Waals surface area contributed by atoms with Crippen molar-refractivity contribution < 1.29 is 18.1 Å². The first-order valence-electron chi connectivity index (χ1n) is 9.14. The number of likely N-dealkylation sites (N-methyl/N-ethyl adjacent to an activating group) is 1. The van der Waals surface area contributed by atoms with Gasteiger partial charge in [0.2, 0.25) is 0 Å². The van der Waals surface area contributed by atoms with Crippen LogP contribution < -0.4 is 4.90 Å². The third kappa shape index (κ3) is 6.34. The van der Waals surface area contributed by atoms with E-state index in [2.05, 4.69) is 16.7 Å². The highest BCUT2D eigenvalue weighted by Crippen LogP contribution is 2.31. The van der Waals surface area contributed by atoms with E-state index in [1.807, 2.05) is 12.1 Å². The van der Waals surface area contributed by atoms with Gasteiger partial charge in [0, 0.05) is 44.0 Å². The quantitative estimate of drug-likeness (QED) is 0.497. The van der Waals surface area contributed by atoms with E-state index in [1.165, 1.54) is 0 Å². The van der Waals surface area contributed by atoms with Crippen LogP contribution in [-0.2, 0) is 6.18 Å². The zero-order valence-electron chi connectivity index (χ0n) is 16.2. The topological polar surface area (TPSA) is 73.4 Å². The Hall–Kier alpha value is -2.83. The van der Waals surface area contributed by atoms with Crippen LogP contribution in [0, 0.1) is 21.4 Å². The second kappa shape index (κ2) is 10.3. The predicted octanol–water partition coefficient (Wildman–Crippen LogP) is 4.97. The number of alkyl halides is 3. The Morgan fingerprint density at radius 1 is 1.13 bits per heavy atom. The lowest BCUT2D eigenvalue weighted by molar-refractivity contribution is -0.384. The number of nitro groups is 1. The molecular weight excluding hydrogens is 421 g/mol. The fourth-order valence-corrected chi connectivity index (χ4v) is 3.05. The number of benzene rings is 2. The maximum absolute atomic E-state index is 12.1. The number of nitrogens with zero attached hydrogens (tertiary/aromatic N) is 4. The molecule has 0 atom stereocenters. The van der Waals surface area contributed by atoms with Gasteiger partial charge >= 0.3 is 6.18 Å². The van der Waals surface area contributed by atoms with Crippen LogP contribution in [0.1, 0.15) is 18.1 Å². The minimum atomic E-state index is -4.43. The molecular formula is C20H20ClF3N4O2. The van der Waals surface area contributed by atoms with Gasteiger partial charge in [-0.25, -0.2) is 0 Å². The summed E-state index contributed by atoms with van der Waals surface area (Å²) < 4.78 is 36.3. The van der Waals surface area contributed by atoms with E-state index < -0.39 is 11.7 Å². The van der Waals surface area contributed by atoms with Gasteiger partial charge in [-0.05, 0) is 36.9 Å². The van der Waals surface area contributed by atoms with Gasteiger partial charge in [0.25, 0.3) is 5.69 Å². The molecule has 0 aromatic heterocycles. The highest BCUT2D eigenvalue weighted by atomic mass is 35.5. The Morgan fingerprint density at radius 3 is 2.20 bits per heavy atom. The normalized spacial score (nSPS) is 14.5. The number of non-ortho nitro benzene ring substituents is 1. The number of piperazine rings is 1. The summed E-state index contributed by atoms with van der Waals surface area (Å²) in [5.74, 6) is 0. The smallest absolute Gasteiger partial charge is 0.369 e. The minimum absolute atomic E-state index is 0.0236. The highest BCUT2D eigenvalue weighted by Gasteiger charge is 2.30. The number of hydrogen-bond donors (Lipinski definition) is 0. The average Bonchev–Trinajstić information content (AvgIpc) is 2.74. The van der Waals surface area contributed by atoms with Gasteiger partial charge in [0.1, 0.15) is 6.07 Å². The first kappa shape index (κ1) is 23.4. The first-order chi connectivity index (χ1) is 14.2. The molecule has 10 heteroatoms. The molecule has 3 rings (SSSR count). The van der Waals surface area contributed by atoms with Crippen LogP contribution in [0.2, 0.25) is 5.02 Å². The van der Waals surface area contributed by atoms with Gasteiger partial charge in [0.15, 0.2) is 0 Å². The van der Waals surface area contributed by atoms with E-state index in [1.54, 1.807) is 18.2 Å². The van der Waals surface area contributed by atoms with Crippen LogP contribution in [0.3, 0.4) is 0 Å². The predicted molar refractivity (Wildman–Crippen MR) is 109 cm³/mol. The third-order valence-corrected chi connectivity index (χ3v) is 4.99. The molecule has 2 aromatic carbocycles. The largest absolute Gasteiger partial charge is 0.416 e. The van der Waals surface area contributed by atoms with Gasteiger partial charge in [0.05, 0.1) is 21.1 Å². The Morgan fingerprint density at radius 2 is 1.73 bits per heavy atom. The second-order valence-electron chi connectivity index (χ2n) is 6.50. The van der Waals surface area contributed by atoms with Crippen LogP contribution in [0.5, 0.6) is 0 Å². The molecule has 0 radical (unpaired) electrons. The second-order valence-corrected chi connectivity index (χ2v) is 6.91. The molecule has 0 bridgehead atoms. The van der Waals surface area contributed by atoms with Crippen LogP contribution in [0.15, 0.2) is 42.5 Å². The Kier molecular flexibility index (Phi) is 8.03. The summed E-state index contributed by atoms with van der Waals surface area (Å²) in [5, 5.41) is 19.0. The van der Waals surface area contributed by atoms with Gasteiger partial charge < -0.3 is 9.80 Å². The SMILES string of the molecule is CCN1CCN(c2ccc([N+](=O)[O-])cc2)CC1.N#Cc1cc(C(F)(F)F)ccc1Cl. The van der Waals surface area contributed by atoms with E-state index in [4.69, 9.17) is 16.9 Å². The molecule has 6 nitrogen and oxygen atoms in total. The summed E-state index contributed by atoms with van der Waals surface area (Å²) in [6.45, 7) is 7.37. The number of rotatable bonds is 3. The lowest BCUT2D eigenvalue weighted by Gasteiger charge is -2.35. The fourth-order valence-electron chi connectivity index (χ4n) is 2.89. The molecule has 0 saturated carbocycles. The Bertz CT molecular complexity index is 906. The summed E-state index contributed by atoms with van der Waals surface area (Å²) in [5.41, 5.74) is 0.192. The molecule has 0 unspecified atom stereocenters. The van der Waals surface area contributed by atoms with Crippen molar-refractivity contribution in [3.05, 3.63) is 68.7 Å². The molecule has 1 aliphatic rings. The summed E-state index contributed by atoms with van der Waals surface area (Å²) >= 11 is 5.46. The molecule has 1 fully saturated rings. The molecule has 30 heavy (non-hydrogen) atoms. The number of anilines is 1. The number of hydrogen-bond acceptors (Lipinski definition) is 5. The molecule has 1 heterocycles. The van der Waals surface area contributed by atoms with Crippen molar-refractivity contribution in [1.82, 2.24) is 4.90 Å². The monoisotopic (exact) mass is 440 g/mol. The standard InChI is InChI=1S/C12H17N3O2.C8H3ClF3N/c1-2-13-7-9-14(10-8-13)11-3-5-12(6-4-11)15(16)17;9-7-2-1-6(8(10,11)12)3-5(7)4-13/h3-6H,2,7-10H2,1H3;1-3H. The van der Waals surface area contributed by atoms with Gasteiger partial charge in [-0.15, -0.1) is 0 Å². The van der Waals surface area contributed by atoms with Crippen LogP contribution in [-0.4, -0.2) is 42.5 Å². The van der Waals surface area contributed by atoms with Crippen molar-refractivity contribution in [1.29, 1.82) is 5.26 Å². The molecule has 2 aromatic rings. The lowest BCUT2D eigenvalue weighted by Crippen LogP contribution is -2.46. The van der Waals surface area contributed by atoms with Crippen molar-refractivity contribution in [2.45, 2.75) is 13.1 Å². The molecule has 0 amide bonds. The zero-order chi connectivity index (χ0) is 22.3. The first-order valence-corrected chi connectivity index (χ1v) is 9.52. The summed E-state index contributed by atoms with van der Waals surface area (Å²) in [6.07, 6.45) is -4.43. The Balaban J connectivity index is 0.000000222. The molecule has 0 spiro atoms. The maximum Gasteiger partial charge on any atom is 0.416 e. The van der Waals surface area contributed by atoms with E-state index >= 15 is 0 Å². The highest BCUT2D eigenvalue weighted by molar-refractivity contribution is 6.31. The molecule has 1 saturated heterocycles. The van der Waals surface area contributed by atoms with Crippen molar-refractivity contribution in [2.75, 3.05) is 37.6 Å². The maximum atomic E-state index is 12.1. The number of nitriles is 1. The summed E-state index contributed by atoms with van der Waals surface area (Å²) in [4.78, 5) is 14.9. The molecule has 0 N–H and O–H groups in total. The average molecular weight is 441 g/mol. The van der Waals surface area contributed by atoms with Crippen LogP contribution >= 0.6 is 11.6 Å². The molecule has 160 valence electrons. The van der Waals surface area contributed by atoms with E-state index in [0.29, 0.717) is 0 Å². The van der Waals surface area contributed by atoms with E-state index in [-0.39, 0.29) is 21.2 Å². The summed E-state index contributed by atoms with van der Waals surface area (Å²) in [6, 6.07) is 11.0. The van der Waals surface area contributed by atoms with E-state index in [0.717, 1.165) is 56.6 Å². The minimum Gasteiger partial charge on any atom is -0.369 e. The van der Waals surface area contributed by atoms with Crippen molar-refractivity contribution in [3.8, 4) is 6.07 Å². The van der Waals surface area contributed by atoms with E-state index in [9.17, 15) is 23.3 Å². The summed E-state index contributed by atoms with van der Waals surface area (Å²) in [7, 11) is 0. The zero-order valence-corrected chi connectivity index (χ0v) is 17.0. The van der Waals surface area contributed by atoms with Crippen LogP contribution in [0.4, 0.5) is 24.5 Å². The van der Waals surface area contributed by atoms with Gasteiger partial charge in [-0.1, -0.05) is 18.5 Å². The van der Waals surface area contributed by atoms with Gasteiger partial charge in [-0.2, -0.15) is 18.4 Å². The Labute approximate surface area is 177 Å². The van der Waals surface area contributed by atoms with Crippen molar-refractivity contribution >= 4 is 23.0 Å². The fraction of sp³-hybridized carbons (Fsp3) is 0.350. The van der Waals surface area contributed by atoms with Crippen molar-refractivity contribution in [3.63, 3.8) is 0 Å². The number of halogens is 4.